The monoisotopic (exact) mass is 290 g/mol. The molecule has 0 aliphatic carbocycles. The fourth-order valence-electron chi connectivity index (χ4n) is 2.14. The SMILES string of the molecule is CCC(CC)(CNC(=O)C(C#N)c1ccccc1)SC. The Morgan fingerprint density at radius 3 is 2.40 bits per heavy atom. The maximum Gasteiger partial charge on any atom is 0.241 e. The zero-order valence-electron chi connectivity index (χ0n) is 12.3. The minimum Gasteiger partial charge on any atom is -0.353 e. The number of benzene rings is 1. The van der Waals surface area contributed by atoms with Crippen LogP contribution in [0.15, 0.2) is 30.3 Å². The van der Waals surface area contributed by atoms with E-state index in [-0.39, 0.29) is 10.7 Å². The van der Waals surface area contributed by atoms with Gasteiger partial charge in [0, 0.05) is 11.3 Å². The summed E-state index contributed by atoms with van der Waals surface area (Å²) >= 11 is 1.78. The molecule has 1 rings (SSSR count). The van der Waals surface area contributed by atoms with Crippen LogP contribution in [0, 0.1) is 11.3 Å². The molecule has 0 aliphatic heterocycles. The fourth-order valence-corrected chi connectivity index (χ4v) is 2.93. The molecular weight excluding hydrogens is 268 g/mol. The van der Waals surface area contributed by atoms with Gasteiger partial charge in [-0.25, -0.2) is 0 Å². The molecule has 4 heteroatoms. The van der Waals surface area contributed by atoms with Crippen molar-refractivity contribution < 1.29 is 4.79 Å². The zero-order chi connectivity index (χ0) is 15.0. The summed E-state index contributed by atoms with van der Waals surface area (Å²) < 4.78 is 0.0619. The van der Waals surface area contributed by atoms with Crippen molar-refractivity contribution in [3.8, 4) is 6.07 Å². The third kappa shape index (κ3) is 4.01. The van der Waals surface area contributed by atoms with E-state index >= 15 is 0 Å². The van der Waals surface area contributed by atoms with Crippen molar-refractivity contribution in [3.63, 3.8) is 0 Å². The first-order chi connectivity index (χ1) is 9.62. The van der Waals surface area contributed by atoms with Crippen LogP contribution in [0.3, 0.4) is 0 Å². The number of carbonyl (C=O) groups excluding carboxylic acids is 1. The van der Waals surface area contributed by atoms with Gasteiger partial charge < -0.3 is 5.32 Å². The number of rotatable bonds is 7. The van der Waals surface area contributed by atoms with Gasteiger partial charge in [-0.3, -0.25) is 4.79 Å². The van der Waals surface area contributed by atoms with Crippen molar-refractivity contribution in [2.45, 2.75) is 37.4 Å². The molecule has 0 bridgehead atoms. The smallest absolute Gasteiger partial charge is 0.241 e. The fraction of sp³-hybridized carbons (Fsp3) is 0.500. The molecule has 1 aromatic rings. The lowest BCUT2D eigenvalue weighted by Gasteiger charge is -2.30. The van der Waals surface area contributed by atoms with Crippen LogP contribution in [0.25, 0.3) is 0 Å². The molecule has 0 heterocycles. The van der Waals surface area contributed by atoms with Gasteiger partial charge in [0.25, 0.3) is 0 Å². The first-order valence-corrected chi connectivity index (χ1v) is 8.12. The van der Waals surface area contributed by atoms with E-state index in [1.807, 2.05) is 30.3 Å². The third-order valence-electron chi connectivity index (χ3n) is 3.83. The molecule has 1 N–H and O–H groups in total. The Kier molecular flexibility index (Phi) is 6.60. The van der Waals surface area contributed by atoms with Crippen LogP contribution in [-0.2, 0) is 4.79 Å². The highest BCUT2D eigenvalue weighted by atomic mass is 32.2. The molecule has 3 nitrogen and oxygen atoms in total. The van der Waals surface area contributed by atoms with E-state index in [1.165, 1.54) is 0 Å². The predicted molar refractivity (Wildman–Crippen MR) is 84.6 cm³/mol. The first-order valence-electron chi connectivity index (χ1n) is 6.90. The second kappa shape index (κ2) is 7.96. The van der Waals surface area contributed by atoms with Gasteiger partial charge in [-0.15, -0.1) is 0 Å². The lowest BCUT2D eigenvalue weighted by molar-refractivity contribution is -0.121. The maximum atomic E-state index is 12.2. The minimum absolute atomic E-state index is 0.0619. The van der Waals surface area contributed by atoms with Gasteiger partial charge in [0.1, 0.15) is 5.92 Å². The van der Waals surface area contributed by atoms with Gasteiger partial charge in [-0.1, -0.05) is 44.2 Å². The largest absolute Gasteiger partial charge is 0.353 e. The lowest BCUT2D eigenvalue weighted by atomic mass is 9.98. The number of nitriles is 1. The molecule has 0 radical (unpaired) electrons. The summed E-state index contributed by atoms with van der Waals surface area (Å²) in [5.74, 6) is -0.941. The number of hydrogen-bond acceptors (Lipinski definition) is 3. The van der Waals surface area contributed by atoms with Crippen LogP contribution in [0.1, 0.15) is 38.2 Å². The molecule has 0 aliphatic rings. The Morgan fingerprint density at radius 1 is 1.35 bits per heavy atom. The summed E-state index contributed by atoms with van der Waals surface area (Å²) in [7, 11) is 0. The van der Waals surface area contributed by atoms with Crippen LogP contribution >= 0.6 is 11.8 Å². The van der Waals surface area contributed by atoms with E-state index in [1.54, 1.807) is 11.8 Å². The zero-order valence-corrected chi connectivity index (χ0v) is 13.2. The van der Waals surface area contributed by atoms with Crippen LogP contribution in [0.4, 0.5) is 0 Å². The summed E-state index contributed by atoms with van der Waals surface area (Å²) in [4.78, 5) is 12.2. The summed E-state index contributed by atoms with van der Waals surface area (Å²) in [5.41, 5.74) is 0.746. The Morgan fingerprint density at radius 2 is 1.95 bits per heavy atom. The Balaban J connectivity index is 2.73. The van der Waals surface area contributed by atoms with Crippen molar-refractivity contribution in [2.75, 3.05) is 12.8 Å². The van der Waals surface area contributed by atoms with Gasteiger partial charge >= 0.3 is 0 Å². The van der Waals surface area contributed by atoms with Crippen LogP contribution in [-0.4, -0.2) is 23.5 Å². The normalized spacial score (nSPS) is 12.5. The quantitative estimate of drug-likeness (QED) is 0.838. The maximum absolute atomic E-state index is 12.2. The number of thioether (sulfide) groups is 1. The number of nitrogens with one attached hydrogen (secondary N) is 1. The molecular formula is C16H22N2OS. The molecule has 0 fully saturated rings. The van der Waals surface area contributed by atoms with Gasteiger partial charge in [-0.05, 0) is 24.7 Å². The van der Waals surface area contributed by atoms with E-state index < -0.39 is 5.92 Å². The van der Waals surface area contributed by atoms with Crippen LogP contribution in [0.5, 0.6) is 0 Å². The summed E-state index contributed by atoms with van der Waals surface area (Å²) in [6, 6.07) is 11.3. The first kappa shape index (κ1) is 16.6. The van der Waals surface area contributed by atoms with Crippen molar-refractivity contribution in [1.29, 1.82) is 5.26 Å². The van der Waals surface area contributed by atoms with E-state index in [0.717, 1.165) is 18.4 Å². The molecule has 1 amide bonds. The van der Waals surface area contributed by atoms with E-state index in [9.17, 15) is 10.1 Å². The number of carbonyl (C=O) groups is 1. The molecule has 0 spiro atoms. The van der Waals surface area contributed by atoms with Crippen molar-refractivity contribution in [1.82, 2.24) is 5.32 Å². The van der Waals surface area contributed by atoms with Gasteiger partial charge in [0.15, 0.2) is 0 Å². The lowest BCUT2D eigenvalue weighted by Crippen LogP contribution is -2.41. The summed E-state index contributed by atoms with van der Waals surface area (Å²) in [5, 5.41) is 12.2. The molecule has 0 aromatic heterocycles. The predicted octanol–water partition coefficient (Wildman–Crippen LogP) is 3.33. The molecule has 1 aromatic carbocycles. The minimum atomic E-state index is -0.732. The second-order valence-electron chi connectivity index (χ2n) is 4.78. The number of hydrogen-bond donors (Lipinski definition) is 1. The van der Waals surface area contributed by atoms with Gasteiger partial charge in [0.2, 0.25) is 5.91 Å². The average molecular weight is 290 g/mol. The Labute approximate surface area is 125 Å². The van der Waals surface area contributed by atoms with E-state index in [0.29, 0.717) is 6.54 Å². The van der Waals surface area contributed by atoms with Crippen molar-refractivity contribution in [2.24, 2.45) is 0 Å². The highest BCUT2D eigenvalue weighted by molar-refractivity contribution is 8.00. The topological polar surface area (TPSA) is 52.9 Å². The van der Waals surface area contributed by atoms with Gasteiger partial charge in [-0.2, -0.15) is 17.0 Å². The van der Waals surface area contributed by atoms with Crippen molar-refractivity contribution in [3.05, 3.63) is 35.9 Å². The standard InChI is InChI=1S/C16H22N2OS/c1-4-16(5-2,20-3)12-18-15(19)14(11-17)13-9-7-6-8-10-13/h6-10,14H,4-5,12H2,1-3H3,(H,18,19). The molecule has 108 valence electrons. The molecule has 1 unspecified atom stereocenters. The molecule has 1 atom stereocenters. The molecule has 0 saturated carbocycles. The van der Waals surface area contributed by atoms with E-state index in [2.05, 4.69) is 31.5 Å². The van der Waals surface area contributed by atoms with Crippen molar-refractivity contribution >= 4 is 17.7 Å². The third-order valence-corrected chi connectivity index (χ3v) is 5.42. The highest BCUT2D eigenvalue weighted by Crippen LogP contribution is 2.29. The second-order valence-corrected chi connectivity index (χ2v) is 6.06. The Hall–Kier alpha value is -1.47. The number of nitrogens with zero attached hydrogens (tertiary/aromatic N) is 1. The number of amides is 1. The summed E-state index contributed by atoms with van der Waals surface area (Å²) in [6.07, 6.45) is 4.05. The molecule has 20 heavy (non-hydrogen) atoms. The average Bonchev–Trinajstić information content (AvgIpc) is 2.51. The molecule has 0 saturated heterocycles. The Bertz CT molecular complexity index is 455. The van der Waals surface area contributed by atoms with Crippen LogP contribution in [0.2, 0.25) is 0 Å². The highest BCUT2D eigenvalue weighted by Gasteiger charge is 2.27. The van der Waals surface area contributed by atoms with E-state index in [4.69, 9.17) is 0 Å². The van der Waals surface area contributed by atoms with Gasteiger partial charge in [0.05, 0.1) is 6.07 Å². The van der Waals surface area contributed by atoms with Crippen LogP contribution < -0.4 is 5.32 Å². The summed E-state index contributed by atoms with van der Waals surface area (Å²) in [6.45, 7) is 4.86.